The Morgan fingerprint density at radius 2 is 1.56 bits per heavy atom. The number of amides is 2. The molecule has 5 heteroatoms. The van der Waals surface area contributed by atoms with Gasteiger partial charge in [-0.1, -0.05) is 30.3 Å². The minimum Gasteiger partial charge on any atom is -0.326 e. The quantitative estimate of drug-likeness (QED) is 0.804. The molecule has 0 bridgehead atoms. The van der Waals surface area contributed by atoms with Crippen LogP contribution in [0.5, 0.6) is 0 Å². The van der Waals surface area contributed by atoms with E-state index in [1.54, 1.807) is 6.07 Å². The third-order valence-electron chi connectivity index (χ3n) is 4.74. The molecule has 2 aromatic rings. The van der Waals surface area contributed by atoms with Gasteiger partial charge in [-0.25, -0.2) is 0 Å². The maximum Gasteiger partial charge on any atom is 0.241 e. The van der Waals surface area contributed by atoms with Crippen molar-refractivity contribution in [2.24, 2.45) is 5.92 Å². The molecule has 0 spiro atoms. The summed E-state index contributed by atoms with van der Waals surface area (Å²) in [5, 5.41) is 9.14. The molecule has 1 saturated carbocycles. The minimum atomic E-state index is -0.250. The minimum absolute atomic E-state index is 0.0554. The fourth-order valence-corrected chi connectivity index (χ4v) is 3.13. The van der Waals surface area contributed by atoms with Crippen molar-refractivity contribution in [3.63, 3.8) is 0 Å². The number of carbonyl (C=O) groups is 2. The van der Waals surface area contributed by atoms with Gasteiger partial charge in [0, 0.05) is 23.8 Å². The maximum atomic E-state index is 12.6. The van der Waals surface area contributed by atoms with E-state index >= 15 is 0 Å². The molecule has 2 aliphatic rings. The molecule has 0 aromatic heterocycles. The molecule has 1 aliphatic carbocycles. The molecule has 1 aliphatic heterocycles. The highest BCUT2D eigenvalue weighted by Crippen LogP contribution is 2.30. The van der Waals surface area contributed by atoms with Crippen LogP contribution in [0.15, 0.2) is 48.5 Å². The Bertz CT molecular complexity index is 814. The van der Waals surface area contributed by atoms with Crippen LogP contribution in [0, 0.1) is 5.92 Å². The normalized spacial score (nSPS) is 19.0. The Morgan fingerprint density at radius 1 is 0.880 bits per heavy atom. The summed E-state index contributed by atoms with van der Waals surface area (Å²) in [6.45, 7) is 0.700. The zero-order valence-corrected chi connectivity index (χ0v) is 13.9. The van der Waals surface area contributed by atoms with Crippen molar-refractivity contribution >= 4 is 23.2 Å². The predicted octanol–water partition coefficient (Wildman–Crippen LogP) is 2.69. The van der Waals surface area contributed by atoms with Crippen molar-refractivity contribution < 1.29 is 9.59 Å². The number of hydrogen-bond donors (Lipinski definition) is 3. The molecule has 1 fully saturated rings. The molecule has 5 nitrogen and oxygen atoms in total. The van der Waals surface area contributed by atoms with Gasteiger partial charge in [0.25, 0.3) is 0 Å². The molecule has 128 valence electrons. The maximum absolute atomic E-state index is 12.6. The second-order valence-electron chi connectivity index (χ2n) is 6.74. The van der Waals surface area contributed by atoms with Gasteiger partial charge in [-0.2, -0.15) is 0 Å². The van der Waals surface area contributed by atoms with Gasteiger partial charge < -0.3 is 16.0 Å². The van der Waals surface area contributed by atoms with Gasteiger partial charge in [-0.3, -0.25) is 9.59 Å². The van der Waals surface area contributed by atoms with Gasteiger partial charge in [-0.05, 0) is 48.6 Å². The molecule has 0 radical (unpaired) electrons. The first-order valence-corrected chi connectivity index (χ1v) is 8.71. The second kappa shape index (κ2) is 6.69. The van der Waals surface area contributed by atoms with Crippen molar-refractivity contribution in [2.45, 2.75) is 31.8 Å². The largest absolute Gasteiger partial charge is 0.326 e. The van der Waals surface area contributed by atoms with E-state index in [0.29, 0.717) is 18.7 Å². The zero-order valence-electron chi connectivity index (χ0n) is 13.9. The van der Waals surface area contributed by atoms with Gasteiger partial charge in [-0.15, -0.1) is 0 Å². The highest BCUT2D eigenvalue weighted by atomic mass is 16.2. The number of benzene rings is 2. The van der Waals surface area contributed by atoms with Gasteiger partial charge in [0.1, 0.15) is 0 Å². The van der Waals surface area contributed by atoms with E-state index in [1.807, 2.05) is 30.3 Å². The molecule has 1 unspecified atom stereocenters. The van der Waals surface area contributed by atoms with E-state index < -0.39 is 0 Å². The van der Waals surface area contributed by atoms with Crippen LogP contribution in [0.2, 0.25) is 0 Å². The van der Waals surface area contributed by atoms with Gasteiger partial charge in [0.2, 0.25) is 11.8 Å². The predicted molar refractivity (Wildman–Crippen MR) is 97.2 cm³/mol. The summed E-state index contributed by atoms with van der Waals surface area (Å²) in [4.78, 5) is 24.4. The van der Waals surface area contributed by atoms with Gasteiger partial charge in [0.15, 0.2) is 0 Å². The molecule has 2 aromatic carbocycles. The summed E-state index contributed by atoms with van der Waals surface area (Å²) in [6, 6.07) is 15.2. The van der Waals surface area contributed by atoms with Crippen LogP contribution in [0.4, 0.5) is 11.4 Å². The topological polar surface area (TPSA) is 70.2 Å². The van der Waals surface area contributed by atoms with Crippen LogP contribution >= 0.6 is 0 Å². The average molecular weight is 335 g/mol. The highest BCUT2D eigenvalue weighted by molar-refractivity contribution is 5.97. The second-order valence-corrected chi connectivity index (χ2v) is 6.74. The van der Waals surface area contributed by atoms with Crippen molar-refractivity contribution in [3.8, 4) is 0 Å². The van der Waals surface area contributed by atoms with Gasteiger partial charge >= 0.3 is 0 Å². The SMILES string of the molecule is O=C(Nc1cccc(NC(=O)C2Cc3ccccc3CN2)c1)C1CC1. The van der Waals surface area contributed by atoms with Crippen molar-refractivity contribution in [1.82, 2.24) is 5.32 Å². The molecule has 1 heterocycles. The van der Waals surface area contributed by atoms with Crippen molar-refractivity contribution in [2.75, 3.05) is 10.6 Å². The van der Waals surface area contributed by atoms with E-state index in [0.717, 1.165) is 18.5 Å². The lowest BCUT2D eigenvalue weighted by Gasteiger charge is -2.25. The third kappa shape index (κ3) is 3.72. The fourth-order valence-electron chi connectivity index (χ4n) is 3.13. The van der Waals surface area contributed by atoms with E-state index in [2.05, 4.69) is 28.1 Å². The monoisotopic (exact) mass is 335 g/mol. The smallest absolute Gasteiger partial charge is 0.241 e. The van der Waals surface area contributed by atoms with Crippen molar-refractivity contribution in [3.05, 3.63) is 59.7 Å². The van der Waals surface area contributed by atoms with Crippen molar-refractivity contribution in [1.29, 1.82) is 0 Å². The molecular formula is C20H21N3O2. The van der Waals surface area contributed by atoms with E-state index in [-0.39, 0.29) is 23.8 Å². The van der Waals surface area contributed by atoms with E-state index in [9.17, 15) is 9.59 Å². The Balaban J connectivity index is 1.40. The van der Waals surface area contributed by atoms with E-state index in [1.165, 1.54) is 11.1 Å². The first-order valence-electron chi connectivity index (χ1n) is 8.71. The molecule has 4 rings (SSSR count). The number of nitrogens with one attached hydrogen (secondary N) is 3. The standard InChI is InChI=1S/C20H21N3O2/c24-19(13-8-9-13)22-16-6-3-7-17(11-16)23-20(25)18-10-14-4-1-2-5-15(14)12-21-18/h1-7,11,13,18,21H,8-10,12H2,(H,22,24)(H,23,25). The Morgan fingerprint density at radius 3 is 2.28 bits per heavy atom. The zero-order chi connectivity index (χ0) is 17.2. The molecule has 0 saturated heterocycles. The van der Waals surface area contributed by atoms with Crippen LogP contribution in [0.25, 0.3) is 0 Å². The molecule has 25 heavy (non-hydrogen) atoms. The highest BCUT2D eigenvalue weighted by Gasteiger charge is 2.29. The lowest BCUT2D eigenvalue weighted by Crippen LogP contribution is -2.44. The Labute approximate surface area is 146 Å². The first kappa shape index (κ1) is 15.8. The lowest BCUT2D eigenvalue weighted by atomic mass is 9.95. The Hall–Kier alpha value is -2.66. The van der Waals surface area contributed by atoms with Crippen LogP contribution in [-0.4, -0.2) is 17.9 Å². The van der Waals surface area contributed by atoms with Crippen LogP contribution in [0.1, 0.15) is 24.0 Å². The first-order chi connectivity index (χ1) is 12.2. The molecule has 1 atom stereocenters. The fraction of sp³-hybridized carbons (Fsp3) is 0.300. The summed E-state index contributed by atoms with van der Waals surface area (Å²) < 4.78 is 0. The molecular weight excluding hydrogens is 314 g/mol. The summed E-state index contributed by atoms with van der Waals surface area (Å²) in [6.07, 6.45) is 2.62. The lowest BCUT2D eigenvalue weighted by molar-refractivity contribution is -0.118. The molecule has 3 N–H and O–H groups in total. The van der Waals surface area contributed by atoms with Crippen LogP contribution in [-0.2, 0) is 22.6 Å². The summed E-state index contributed by atoms with van der Waals surface area (Å²) >= 11 is 0. The molecule has 2 amide bonds. The number of anilines is 2. The van der Waals surface area contributed by atoms with Crippen LogP contribution < -0.4 is 16.0 Å². The summed E-state index contributed by atoms with van der Waals surface area (Å²) in [5.41, 5.74) is 3.87. The summed E-state index contributed by atoms with van der Waals surface area (Å²) in [7, 11) is 0. The number of carbonyl (C=O) groups excluding carboxylic acids is 2. The van der Waals surface area contributed by atoms with Gasteiger partial charge in [0.05, 0.1) is 6.04 Å². The Kier molecular flexibility index (Phi) is 4.24. The third-order valence-corrected chi connectivity index (χ3v) is 4.74. The number of fused-ring (bicyclic) bond motifs is 1. The number of rotatable bonds is 4. The summed E-state index contributed by atoms with van der Waals surface area (Å²) in [5.74, 6) is 0.166. The van der Waals surface area contributed by atoms with E-state index in [4.69, 9.17) is 0 Å². The number of hydrogen-bond acceptors (Lipinski definition) is 3. The van der Waals surface area contributed by atoms with Crippen LogP contribution in [0.3, 0.4) is 0 Å². The average Bonchev–Trinajstić information content (AvgIpc) is 3.47.